The molecule has 3 nitrogen and oxygen atoms in total. The molecule has 1 saturated carbocycles. The fraction of sp³-hybridized carbons (Fsp3) is 0.636. The summed E-state index contributed by atoms with van der Waals surface area (Å²) in [5.41, 5.74) is 0.773. The van der Waals surface area contributed by atoms with Crippen LogP contribution in [0.4, 0.5) is 0 Å². The van der Waals surface area contributed by atoms with Crippen molar-refractivity contribution in [1.82, 2.24) is 4.98 Å². The molecule has 0 unspecified atom stereocenters. The largest absolute Gasteiger partial charge is 0.377 e. The van der Waals surface area contributed by atoms with Crippen LogP contribution < -0.4 is 0 Å². The maximum atomic E-state index is 9.15. The molecule has 0 spiro atoms. The first-order valence-corrected chi connectivity index (χ1v) is 6.17. The Labute approximate surface area is 92.7 Å². The second-order valence-electron chi connectivity index (χ2n) is 4.39. The average molecular weight is 220 g/mol. The lowest BCUT2D eigenvalue weighted by Gasteiger charge is -2.33. The standard InChI is InChI=1S/C11H12N2OS/c12-5-11(6-14-7-11)10-13-9(4-15-10)8-2-1-3-8/h4,8H,1-3,6-7H2. The fourth-order valence-corrected chi connectivity index (χ4v) is 2.96. The summed E-state index contributed by atoms with van der Waals surface area (Å²) in [6.07, 6.45) is 3.85. The van der Waals surface area contributed by atoms with Crippen LogP contribution in [0.3, 0.4) is 0 Å². The summed E-state index contributed by atoms with van der Waals surface area (Å²) in [5, 5.41) is 12.2. The second kappa shape index (κ2) is 3.29. The van der Waals surface area contributed by atoms with Crippen LogP contribution in [0.25, 0.3) is 0 Å². The third-order valence-electron chi connectivity index (χ3n) is 3.37. The molecular formula is C11H12N2OS. The lowest BCUT2D eigenvalue weighted by atomic mass is 9.83. The Balaban J connectivity index is 1.86. The van der Waals surface area contributed by atoms with Gasteiger partial charge in [-0.3, -0.25) is 0 Å². The normalized spacial score (nSPS) is 23.9. The van der Waals surface area contributed by atoms with Crippen LogP contribution in [0.1, 0.15) is 35.9 Å². The van der Waals surface area contributed by atoms with E-state index in [-0.39, 0.29) is 0 Å². The Bertz CT molecular complexity index is 412. The number of nitriles is 1. The quantitative estimate of drug-likeness (QED) is 0.767. The van der Waals surface area contributed by atoms with Gasteiger partial charge in [0.05, 0.1) is 25.0 Å². The van der Waals surface area contributed by atoms with Crippen molar-refractivity contribution in [3.05, 3.63) is 16.1 Å². The molecule has 0 bridgehead atoms. The Kier molecular flexibility index (Phi) is 2.04. The van der Waals surface area contributed by atoms with Gasteiger partial charge >= 0.3 is 0 Å². The minimum absolute atomic E-state index is 0.424. The van der Waals surface area contributed by atoms with Gasteiger partial charge in [0, 0.05) is 11.3 Å². The third-order valence-corrected chi connectivity index (χ3v) is 4.43. The summed E-state index contributed by atoms with van der Waals surface area (Å²) in [6.45, 7) is 1.03. The van der Waals surface area contributed by atoms with Crippen molar-refractivity contribution in [1.29, 1.82) is 5.26 Å². The molecule has 78 valence electrons. The van der Waals surface area contributed by atoms with Crippen LogP contribution in [-0.2, 0) is 10.2 Å². The number of aromatic nitrogens is 1. The van der Waals surface area contributed by atoms with Crippen molar-refractivity contribution in [2.75, 3.05) is 13.2 Å². The van der Waals surface area contributed by atoms with Gasteiger partial charge < -0.3 is 4.74 Å². The van der Waals surface area contributed by atoms with Crippen molar-refractivity contribution in [2.24, 2.45) is 0 Å². The molecule has 4 heteroatoms. The number of hydrogen-bond donors (Lipinski definition) is 0. The van der Waals surface area contributed by atoms with Gasteiger partial charge in [-0.25, -0.2) is 4.98 Å². The predicted octanol–water partition coefficient (Wildman–Crippen LogP) is 2.20. The Morgan fingerprint density at radius 1 is 1.53 bits per heavy atom. The molecule has 2 heterocycles. The zero-order chi connectivity index (χ0) is 10.3. The molecule has 0 N–H and O–H groups in total. The monoisotopic (exact) mass is 220 g/mol. The molecular weight excluding hydrogens is 208 g/mol. The van der Waals surface area contributed by atoms with E-state index in [1.54, 1.807) is 11.3 Å². The highest BCUT2D eigenvalue weighted by molar-refractivity contribution is 7.09. The minimum Gasteiger partial charge on any atom is -0.377 e. The molecule has 1 aromatic rings. The molecule has 0 radical (unpaired) electrons. The van der Waals surface area contributed by atoms with E-state index >= 15 is 0 Å². The van der Waals surface area contributed by atoms with E-state index in [9.17, 15) is 0 Å². The van der Waals surface area contributed by atoms with Crippen molar-refractivity contribution in [2.45, 2.75) is 30.6 Å². The fourth-order valence-electron chi connectivity index (χ4n) is 1.94. The number of hydrogen-bond acceptors (Lipinski definition) is 4. The first-order valence-electron chi connectivity index (χ1n) is 5.29. The van der Waals surface area contributed by atoms with Gasteiger partial charge in [-0.2, -0.15) is 5.26 Å². The van der Waals surface area contributed by atoms with E-state index in [0.29, 0.717) is 19.1 Å². The first kappa shape index (κ1) is 9.32. The van der Waals surface area contributed by atoms with E-state index < -0.39 is 5.41 Å². The Morgan fingerprint density at radius 3 is 2.80 bits per heavy atom. The van der Waals surface area contributed by atoms with Crippen LogP contribution in [0.5, 0.6) is 0 Å². The molecule has 1 aromatic heterocycles. The van der Waals surface area contributed by atoms with Crippen LogP contribution in [0.2, 0.25) is 0 Å². The maximum Gasteiger partial charge on any atom is 0.155 e. The molecule has 0 amide bonds. The zero-order valence-corrected chi connectivity index (χ0v) is 9.22. The van der Waals surface area contributed by atoms with Gasteiger partial charge in [-0.1, -0.05) is 6.42 Å². The lowest BCUT2D eigenvalue weighted by Crippen LogP contribution is -2.45. The molecule has 2 fully saturated rings. The van der Waals surface area contributed by atoms with Gasteiger partial charge in [-0.05, 0) is 12.8 Å². The van der Waals surface area contributed by atoms with E-state index in [0.717, 1.165) is 5.01 Å². The van der Waals surface area contributed by atoms with Gasteiger partial charge in [0.25, 0.3) is 0 Å². The molecule has 0 aromatic carbocycles. The van der Waals surface area contributed by atoms with E-state index in [2.05, 4.69) is 16.4 Å². The molecule has 0 atom stereocenters. The molecule has 1 aliphatic heterocycles. The Morgan fingerprint density at radius 2 is 2.33 bits per heavy atom. The molecule has 1 saturated heterocycles. The van der Waals surface area contributed by atoms with Crippen molar-refractivity contribution < 1.29 is 4.74 Å². The zero-order valence-electron chi connectivity index (χ0n) is 8.40. The summed E-state index contributed by atoms with van der Waals surface area (Å²) in [7, 11) is 0. The van der Waals surface area contributed by atoms with E-state index in [4.69, 9.17) is 10.00 Å². The summed E-state index contributed by atoms with van der Waals surface area (Å²) < 4.78 is 5.14. The summed E-state index contributed by atoms with van der Waals surface area (Å²) >= 11 is 1.62. The summed E-state index contributed by atoms with van der Waals surface area (Å²) in [5.74, 6) is 0.659. The molecule has 1 aliphatic carbocycles. The highest BCUT2D eigenvalue weighted by atomic mass is 32.1. The van der Waals surface area contributed by atoms with Gasteiger partial charge in [0.1, 0.15) is 5.01 Å². The molecule has 3 rings (SSSR count). The van der Waals surface area contributed by atoms with Gasteiger partial charge in [0.15, 0.2) is 5.41 Å². The van der Waals surface area contributed by atoms with Crippen LogP contribution in [0.15, 0.2) is 5.38 Å². The molecule has 15 heavy (non-hydrogen) atoms. The van der Waals surface area contributed by atoms with Crippen molar-refractivity contribution in [3.63, 3.8) is 0 Å². The SMILES string of the molecule is N#CC1(c2nc(C3CCC3)cs2)COC1. The second-order valence-corrected chi connectivity index (χ2v) is 5.25. The van der Waals surface area contributed by atoms with Gasteiger partial charge in [0.2, 0.25) is 0 Å². The number of nitrogens with zero attached hydrogens (tertiary/aromatic N) is 2. The van der Waals surface area contributed by atoms with E-state index in [1.807, 2.05) is 0 Å². The first-order chi connectivity index (χ1) is 7.34. The van der Waals surface area contributed by atoms with Crippen molar-refractivity contribution in [3.8, 4) is 6.07 Å². The van der Waals surface area contributed by atoms with Crippen molar-refractivity contribution >= 4 is 11.3 Å². The van der Waals surface area contributed by atoms with E-state index in [1.165, 1.54) is 25.0 Å². The van der Waals surface area contributed by atoms with Crippen LogP contribution >= 0.6 is 11.3 Å². The number of ether oxygens (including phenoxy) is 1. The van der Waals surface area contributed by atoms with Crippen LogP contribution in [-0.4, -0.2) is 18.2 Å². The molecule has 2 aliphatic rings. The highest BCUT2D eigenvalue weighted by Crippen LogP contribution is 2.40. The Hall–Kier alpha value is -0.920. The third kappa shape index (κ3) is 1.30. The smallest absolute Gasteiger partial charge is 0.155 e. The number of thiazole rings is 1. The highest BCUT2D eigenvalue weighted by Gasteiger charge is 2.44. The summed E-state index contributed by atoms with van der Waals surface area (Å²) in [6, 6.07) is 2.34. The predicted molar refractivity (Wildman–Crippen MR) is 56.8 cm³/mol. The van der Waals surface area contributed by atoms with Crippen LogP contribution in [0, 0.1) is 11.3 Å². The summed E-state index contributed by atoms with van der Waals surface area (Å²) in [4.78, 5) is 4.61. The minimum atomic E-state index is -0.424. The number of rotatable bonds is 2. The topological polar surface area (TPSA) is 45.9 Å². The van der Waals surface area contributed by atoms with Gasteiger partial charge in [-0.15, -0.1) is 11.3 Å². The lowest BCUT2D eigenvalue weighted by molar-refractivity contribution is -0.0299. The average Bonchev–Trinajstić information content (AvgIpc) is 2.50. The maximum absolute atomic E-state index is 9.15.